The Morgan fingerprint density at radius 3 is 3.15 bits per heavy atom. The number of likely N-dealkylation sites (tertiary alicyclic amines) is 1. The summed E-state index contributed by atoms with van der Waals surface area (Å²) in [4.78, 5) is 18.9. The van der Waals surface area contributed by atoms with Gasteiger partial charge >= 0.3 is 0 Å². The average molecular weight is 357 g/mol. The van der Waals surface area contributed by atoms with Crippen molar-refractivity contribution in [2.45, 2.75) is 32.3 Å². The second-order valence-corrected chi connectivity index (χ2v) is 7.12. The second kappa shape index (κ2) is 7.07. The first-order valence-electron chi connectivity index (χ1n) is 9.04. The van der Waals surface area contributed by atoms with E-state index in [1.807, 2.05) is 23.1 Å². The number of aromatic nitrogens is 2. The molecule has 1 amide bonds. The van der Waals surface area contributed by atoms with Crippen molar-refractivity contribution in [3.63, 3.8) is 0 Å². The summed E-state index contributed by atoms with van der Waals surface area (Å²) in [6.45, 7) is 4.28. The SMILES string of the molecule is Cc1cc(C(=O)N2CC[C@@H]3OCCC[C@@]3(COc3ccccn3)C2)no1. The molecule has 2 aromatic heterocycles. The van der Waals surface area contributed by atoms with E-state index < -0.39 is 0 Å². The van der Waals surface area contributed by atoms with E-state index in [1.54, 1.807) is 19.2 Å². The first-order valence-corrected chi connectivity index (χ1v) is 9.04. The van der Waals surface area contributed by atoms with E-state index in [2.05, 4.69) is 10.1 Å². The molecule has 7 nitrogen and oxygen atoms in total. The zero-order valence-electron chi connectivity index (χ0n) is 14.9. The zero-order chi connectivity index (χ0) is 18.0. The van der Waals surface area contributed by atoms with Gasteiger partial charge in [0, 0.05) is 43.4 Å². The van der Waals surface area contributed by atoms with Crippen LogP contribution in [0.3, 0.4) is 0 Å². The Morgan fingerprint density at radius 1 is 1.46 bits per heavy atom. The lowest BCUT2D eigenvalue weighted by Crippen LogP contribution is -2.58. The Balaban J connectivity index is 1.51. The number of amides is 1. The molecule has 2 atom stereocenters. The Hall–Kier alpha value is -2.41. The Bertz CT molecular complexity index is 763. The van der Waals surface area contributed by atoms with Crippen LogP contribution in [0, 0.1) is 12.3 Å². The molecule has 0 aromatic carbocycles. The molecule has 4 heterocycles. The number of hydrogen-bond acceptors (Lipinski definition) is 6. The Labute approximate surface area is 152 Å². The fourth-order valence-electron chi connectivity index (χ4n) is 3.95. The van der Waals surface area contributed by atoms with Gasteiger partial charge < -0.3 is 18.9 Å². The number of ether oxygens (including phenoxy) is 2. The van der Waals surface area contributed by atoms with Crippen molar-refractivity contribution in [3.8, 4) is 5.88 Å². The van der Waals surface area contributed by atoms with Gasteiger partial charge in [-0.05, 0) is 32.3 Å². The summed E-state index contributed by atoms with van der Waals surface area (Å²) in [6, 6.07) is 7.29. The monoisotopic (exact) mass is 357 g/mol. The lowest BCUT2D eigenvalue weighted by molar-refractivity contribution is -0.133. The molecule has 138 valence electrons. The molecule has 2 fully saturated rings. The van der Waals surface area contributed by atoms with E-state index in [0.717, 1.165) is 25.9 Å². The maximum absolute atomic E-state index is 12.8. The van der Waals surface area contributed by atoms with E-state index in [1.165, 1.54) is 0 Å². The third-order valence-corrected chi connectivity index (χ3v) is 5.27. The van der Waals surface area contributed by atoms with Crippen LogP contribution >= 0.6 is 0 Å². The van der Waals surface area contributed by atoms with Gasteiger partial charge in [0.1, 0.15) is 5.76 Å². The topological polar surface area (TPSA) is 77.7 Å². The van der Waals surface area contributed by atoms with Gasteiger partial charge in [-0.25, -0.2) is 4.98 Å². The number of carbonyl (C=O) groups is 1. The second-order valence-electron chi connectivity index (χ2n) is 7.12. The van der Waals surface area contributed by atoms with Crippen molar-refractivity contribution in [1.29, 1.82) is 0 Å². The molecule has 0 N–H and O–H groups in total. The minimum Gasteiger partial charge on any atom is -0.477 e. The van der Waals surface area contributed by atoms with Crippen LogP contribution in [0.15, 0.2) is 35.0 Å². The van der Waals surface area contributed by atoms with E-state index in [4.69, 9.17) is 14.0 Å². The predicted octanol–water partition coefficient (Wildman–Crippen LogP) is 2.47. The smallest absolute Gasteiger partial charge is 0.276 e. The molecule has 2 saturated heterocycles. The van der Waals surface area contributed by atoms with Crippen molar-refractivity contribution >= 4 is 5.91 Å². The molecular weight excluding hydrogens is 334 g/mol. The molecule has 26 heavy (non-hydrogen) atoms. The lowest BCUT2D eigenvalue weighted by atomic mass is 9.73. The highest BCUT2D eigenvalue weighted by Crippen LogP contribution is 2.40. The van der Waals surface area contributed by atoms with Crippen molar-refractivity contribution < 1.29 is 18.8 Å². The van der Waals surface area contributed by atoms with Gasteiger partial charge in [0.05, 0.1) is 12.7 Å². The molecule has 0 aliphatic carbocycles. The van der Waals surface area contributed by atoms with E-state index in [0.29, 0.717) is 37.0 Å². The largest absolute Gasteiger partial charge is 0.477 e. The summed E-state index contributed by atoms with van der Waals surface area (Å²) in [6.07, 6.45) is 4.54. The third kappa shape index (κ3) is 3.31. The number of carbonyl (C=O) groups excluding carboxylic acids is 1. The quantitative estimate of drug-likeness (QED) is 0.836. The molecule has 2 aliphatic rings. The number of nitrogens with zero attached hydrogens (tertiary/aromatic N) is 3. The first-order chi connectivity index (χ1) is 12.7. The molecule has 7 heteroatoms. The van der Waals surface area contributed by atoms with Crippen LogP contribution in [0.4, 0.5) is 0 Å². The molecule has 0 radical (unpaired) electrons. The van der Waals surface area contributed by atoms with E-state index in [-0.39, 0.29) is 17.4 Å². The molecule has 0 spiro atoms. The van der Waals surface area contributed by atoms with Gasteiger partial charge in [0.15, 0.2) is 5.69 Å². The zero-order valence-corrected chi connectivity index (χ0v) is 14.9. The van der Waals surface area contributed by atoms with Gasteiger partial charge in [-0.2, -0.15) is 0 Å². The van der Waals surface area contributed by atoms with Crippen LogP contribution in [0.25, 0.3) is 0 Å². The van der Waals surface area contributed by atoms with Gasteiger partial charge in [-0.15, -0.1) is 0 Å². The minimum absolute atomic E-state index is 0.0944. The molecule has 0 saturated carbocycles. The normalized spacial score (nSPS) is 25.6. The molecule has 4 rings (SSSR count). The predicted molar refractivity (Wildman–Crippen MR) is 92.9 cm³/mol. The number of rotatable bonds is 4. The van der Waals surface area contributed by atoms with Crippen molar-refractivity contribution in [3.05, 3.63) is 41.9 Å². The van der Waals surface area contributed by atoms with Crippen LogP contribution < -0.4 is 4.74 Å². The highest BCUT2D eigenvalue weighted by atomic mass is 16.5. The number of hydrogen-bond donors (Lipinski definition) is 0. The molecular formula is C19H23N3O4. The minimum atomic E-state index is -0.220. The van der Waals surface area contributed by atoms with Crippen molar-refractivity contribution in [2.24, 2.45) is 5.41 Å². The maximum Gasteiger partial charge on any atom is 0.276 e. The fourth-order valence-corrected chi connectivity index (χ4v) is 3.95. The number of pyridine rings is 1. The van der Waals surface area contributed by atoms with Gasteiger partial charge in [-0.3, -0.25) is 4.79 Å². The standard InChI is InChI=1S/C19H23N3O4/c1-14-11-15(21-26-14)18(23)22-9-6-16-19(12-22,7-4-10-24-16)13-25-17-5-2-3-8-20-17/h2-3,5,8,11,16H,4,6-7,9-10,12-13H2,1H3/t16-,19-/m0/s1. The van der Waals surface area contributed by atoms with Gasteiger partial charge in [0.2, 0.25) is 5.88 Å². The van der Waals surface area contributed by atoms with Crippen LogP contribution in [0.2, 0.25) is 0 Å². The number of fused-ring (bicyclic) bond motifs is 1. The molecule has 0 bridgehead atoms. The van der Waals surface area contributed by atoms with Crippen molar-refractivity contribution in [2.75, 3.05) is 26.3 Å². The van der Waals surface area contributed by atoms with Crippen LogP contribution in [0.1, 0.15) is 35.5 Å². The van der Waals surface area contributed by atoms with Crippen molar-refractivity contribution in [1.82, 2.24) is 15.0 Å². The lowest BCUT2D eigenvalue weighted by Gasteiger charge is -2.49. The van der Waals surface area contributed by atoms with Crippen LogP contribution in [0.5, 0.6) is 5.88 Å². The Kier molecular flexibility index (Phi) is 4.63. The van der Waals surface area contributed by atoms with Gasteiger partial charge in [-0.1, -0.05) is 11.2 Å². The molecule has 0 unspecified atom stereocenters. The average Bonchev–Trinajstić information content (AvgIpc) is 3.12. The summed E-state index contributed by atoms with van der Waals surface area (Å²) >= 11 is 0. The summed E-state index contributed by atoms with van der Waals surface area (Å²) in [5, 5.41) is 3.87. The van der Waals surface area contributed by atoms with Crippen LogP contribution in [-0.4, -0.2) is 53.4 Å². The highest BCUT2D eigenvalue weighted by Gasteiger charge is 2.48. The maximum atomic E-state index is 12.8. The number of piperidine rings is 1. The molecule has 2 aromatic rings. The van der Waals surface area contributed by atoms with E-state index in [9.17, 15) is 4.79 Å². The summed E-state index contributed by atoms with van der Waals surface area (Å²) in [5.74, 6) is 1.14. The highest BCUT2D eigenvalue weighted by molar-refractivity contribution is 5.92. The first kappa shape index (κ1) is 17.0. The van der Waals surface area contributed by atoms with Gasteiger partial charge in [0.25, 0.3) is 5.91 Å². The fraction of sp³-hybridized carbons (Fsp3) is 0.526. The summed E-state index contributed by atoms with van der Waals surface area (Å²) < 4.78 is 17.1. The Morgan fingerprint density at radius 2 is 2.38 bits per heavy atom. The third-order valence-electron chi connectivity index (χ3n) is 5.27. The summed E-state index contributed by atoms with van der Waals surface area (Å²) in [7, 11) is 0. The van der Waals surface area contributed by atoms with Crippen LogP contribution in [-0.2, 0) is 4.74 Å². The summed E-state index contributed by atoms with van der Waals surface area (Å²) in [5.41, 5.74) is 0.140. The molecule has 2 aliphatic heterocycles. The van der Waals surface area contributed by atoms with E-state index >= 15 is 0 Å². The number of aryl methyl sites for hydroxylation is 1.